The number of carbonyl (C=O) groups is 1. The first kappa shape index (κ1) is 17.4. The highest BCUT2D eigenvalue weighted by molar-refractivity contribution is 5.69. The second-order valence-electron chi connectivity index (χ2n) is 6.64. The smallest absolute Gasteiger partial charge is 0.306 e. The van der Waals surface area contributed by atoms with E-state index in [1.165, 1.54) is 5.06 Å². The summed E-state index contributed by atoms with van der Waals surface area (Å²) in [6.07, 6.45) is 3.49. The fraction of sp³-hybridized carbons (Fsp3) is 0.938. The lowest BCUT2D eigenvalue weighted by molar-refractivity contribution is -0.289. The van der Waals surface area contributed by atoms with Gasteiger partial charge in [0.05, 0.1) is 0 Å². The molecule has 1 N–H and O–H groups in total. The monoisotopic (exact) mass is 285 g/mol. The summed E-state index contributed by atoms with van der Waals surface area (Å²) in [5.74, 6) is -0.00872. The first-order valence-corrected chi connectivity index (χ1v) is 7.93. The van der Waals surface area contributed by atoms with Gasteiger partial charge in [-0.25, -0.2) is 0 Å². The maximum Gasteiger partial charge on any atom is 0.306 e. The van der Waals surface area contributed by atoms with E-state index in [9.17, 15) is 10.0 Å². The van der Waals surface area contributed by atoms with Gasteiger partial charge in [0.1, 0.15) is 6.10 Å². The normalized spacial score (nSPS) is 38.8. The lowest BCUT2D eigenvalue weighted by atomic mass is 9.69. The second-order valence-corrected chi connectivity index (χ2v) is 6.64. The minimum Gasteiger partial charge on any atom is -0.462 e. The molecule has 4 unspecified atom stereocenters. The molecule has 0 spiro atoms. The SMILES string of the molecule is CCCC(=O)OC1CC(C)(CC)N(O)C(C)(CC)C1C. The molecule has 0 radical (unpaired) electrons. The lowest BCUT2D eigenvalue weighted by Gasteiger charge is -2.57. The van der Waals surface area contributed by atoms with E-state index in [0.29, 0.717) is 12.8 Å². The standard InChI is InChI=1S/C16H31NO3/c1-7-10-14(18)20-13-11-15(5,8-2)17(19)16(6,9-3)12(13)4/h12-13,19H,7-11H2,1-6H3. The van der Waals surface area contributed by atoms with E-state index >= 15 is 0 Å². The maximum absolute atomic E-state index is 11.8. The molecule has 0 aliphatic carbocycles. The molecule has 0 aromatic rings. The fourth-order valence-corrected chi connectivity index (χ4v) is 3.25. The van der Waals surface area contributed by atoms with Crippen molar-refractivity contribution in [1.29, 1.82) is 0 Å². The molecule has 4 atom stereocenters. The molecule has 1 heterocycles. The zero-order valence-corrected chi connectivity index (χ0v) is 13.9. The maximum atomic E-state index is 11.8. The van der Waals surface area contributed by atoms with Crippen LogP contribution in [0.2, 0.25) is 0 Å². The van der Waals surface area contributed by atoms with Crippen molar-refractivity contribution in [3.05, 3.63) is 0 Å². The first-order chi connectivity index (χ1) is 9.25. The van der Waals surface area contributed by atoms with Gasteiger partial charge in [-0.15, -0.1) is 0 Å². The molecule has 0 aromatic heterocycles. The van der Waals surface area contributed by atoms with E-state index in [2.05, 4.69) is 27.7 Å². The van der Waals surface area contributed by atoms with Crippen LogP contribution in [0, 0.1) is 5.92 Å². The van der Waals surface area contributed by atoms with Crippen LogP contribution in [0.3, 0.4) is 0 Å². The molecule has 20 heavy (non-hydrogen) atoms. The zero-order valence-electron chi connectivity index (χ0n) is 13.9. The minimum atomic E-state index is -0.361. The molecule has 1 fully saturated rings. The van der Waals surface area contributed by atoms with Crippen LogP contribution in [0.5, 0.6) is 0 Å². The van der Waals surface area contributed by atoms with Gasteiger partial charge in [0, 0.05) is 29.8 Å². The molecule has 0 bridgehead atoms. The molecule has 1 rings (SSSR count). The van der Waals surface area contributed by atoms with Gasteiger partial charge < -0.3 is 9.94 Å². The third kappa shape index (κ3) is 3.01. The van der Waals surface area contributed by atoms with E-state index in [-0.39, 0.29) is 29.1 Å². The number of hydrogen-bond donors (Lipinski definition) is 1. The van der Waals surface area contributed by atoms with Crippen molar-refractivity contribution in [3.8, 4) is 0 Å². The highest BCUT2D eigenvalue weighted by Crippen LogP contribution is 2.45. The Bertz CT molecular complexity index is 347. The Morgan fingerprint density at radius 1 is 1.30 bits per heavy atom. The van der Waals surface area contributed by atoms with Gasteiger partial charge in [-0.05, 0) is 33.1 Å². The summed E-state index contributed by atoms with van der Waals surface area (Å²) in [6, 6.07) is 0. The summed E-state index contributed by atoms with van der Waals surface area (Å²) >= 11 is 0. The molecular weight excluding hydrogens is 254 g/mol. The third-order valence-electron chi connectivity index (χ3n) is 5.39. The lowest BCUT2D eigenvalue weighted by Crippen LogP contribution is -2.67. The highest BCUT2D eigenvalue weighted by Gasteiger charge is 2.53. The van der Waals surface area contributed by atoms with Crippen LogP contribution < -0.4 is 0 Å². The van der Waals surface area contributed by atoms with Gasteiger partial charge in [0.2, 0.25) is 0 Å². The summed E-state index contributed by atoms with van der Waals surface area (Å²) in [5, 5.41) is 12.2. The average Bonchev–Trinajstić information content (AvgIpc) is 2.42. The molecule has 0 saturated carbocycles. The number of esters is 1. The fourth-order valence-electron chi connectivity index (χ4n) is 3.25. The molecule has 4 nitrogen and oxygen atoms in total. The predicted molar refractivity (Wildman–Crippen MR) is 79.6 cm³/mol. The molecule has 118 valence electrons. The summed E-state index contributed by atoms with van der Waals surface area (Å²) < 4.78 is 5.71. The highest BCUT2D eigenvalue weighted by atomic mass is 16.5. The minimum absolute atomic E-state index is 0.109. The van der Waals surface area contributed by atoms with E-state index in [1.54, 1.807) is 0 Å². The van der Waals surface area contributed by atoms with Crippen LogP contribution in [-0.2, 0) is 9.53 Å². The summed E-state index contributed by atoms with van der Waals surface area (Å²) in [4.78, 5) is 11.8. The Morgan fingerprint density at radius 2 is 1.90 bits per heavy atom. The quantitative estimate of drug-likeness (QED) is 0.781. The Balaban J connectivity index is 2.99. The van der Waals surface area contributed by atoms with Crippen LogP contribution >= 0.6 is 0 Å². The van der Waals surface area contributed by atoms with Crippen LogP contribution in [0.25, 0.3) is 0 Å². The number of ether oxygens (including phenoxy) is 1. The van der Waals surface area contributed by atoms with Gasteiger partial charge in [-0.3, -0.25) is 4.79 Å². The first-order valence-electron chi connectivity index (χ1n) is 7.93. The topological polar surface area (TPSA) is 49.8 Å². The van der Waals surface area contributed by atoms with Gasteiger partial charge in [0.25, 0.3) is 0 Å². The number of carbonyl (C=O) groups excluding carboxylic acids is 1. The summed E-state index contributed by atoms with van der Waals surface area (Å²) in [5.41, 5.74) is -0.700. The van der Waals surface area contributed by atoms with Crippen LogP contribution in [0.15, 0.2) is 0 Å². The molecule has 0 amide bonds. The number of hydrogen-bond acceptors (Lipinski definition) is 4. The molecule has 1 aliphatic heterocycles. The van der Waals surface area contributed by atoms with Crippen molar-refractivity contribution in [2.24, 2.45) is 5.92 Å². The van der Waals surface area contributed by atoms with Crippen LogP contribution in [0.4, 0.5) is 0 Å². The summed E-state index contributed by atoms with van der Waals surface area (Å²) in [7, 11) is 0. The Labute approximate surface area is 123 Å². The molecular formula is C16H31NO3. The molecule has 1 saturated heterocycles. The van der Waals surface area contributed by atoms with E-state index < -0.39 is 0 Å². The van der Waals surface area contributed by atoms with Gasteiger partial charge in [0.15, 0.2) is 0 Å². The summed E-state index contributed by atoms with van der Waals surface area (Å²) in [6.45, 7) is 12.3. The van der Waals surface area contributed by atoms with E-state index in [4.69, 9.17) is 4.74 Å². The van der Waals surface area contributed by atoms with Gasteiger partial charge >= 0.3 is 5.97 Å². The molecule has 0 aromatic carbocycles. The Hall–Kier alpha value is -0.610. The third-order valence-corrected chi connectivity index (χ3v) is 5.39. The van der Waals surface area contributed by atoms with Crippen molar-refractivity contribution in [2.45, 2.75) is 90.8 Å². The van der Waals surface area contributed by atoms with E-state index in [1.807, 2.05) is 13.8 Å². The van der Waals surface area contributed by atoms with Crippen molar-refractivity contribution in [2.75, 3.05) is 0 Å². The van der Waals surface area contributed by atoms with Crippen LogP contribution in [-0.4, -0.2) is 33.4 Å². The van der Waals surface area contributed by atoms with Crippen molar-refractivity contribution < 1.29 is 14.7 Å². The number of piperidine rings is 1. The molecule has 1 aliphatic rings. The van der Waals surface area contributed by atoms with Crippen LogP contribution in [0.1, 0.15) is 73.6 Å². The largest absolute Gasteiger partial charge is 0.462 e. The van der Waals surface area contributed by atoms with E-state index in [0.717, 1.165) is 19.3 Å². The predicted octanol–water partition coefficient (Wildman–Crippen LogP) is 3.77. The zero-order chi connectivity index (χ0) is 15.6. The molecule has 4 heteroatoms. The van der Waals surface area contributed by atoms with Crippen molar-refractivity contribution in [1.82, 2.24) is 5.06 Å². The van der Waals surface area contributed by atoms with Gasteiger partial charge in [-0.2, -0.15) is 5.06 Å². The number of nitrogens with zero attached hydrogens (tertiary/aromatic N) is 1. The van der Waals surface area contributed by atoms with Crippen molar-refractivity contribution >= 4 is 5.97 Å². The van der Waals surface area contributed by atoms with Crippen molar-refractivity contribution in [3.63, 3.8) is 0 Å². The second kappa shape index (κ2) is 6.44. The Kier molecular flexibility index (Phi) is 5.61. The Morgan fingerprint density at radius 3 is 2.35 bits per heavy atom. The average molecular weight is 285 g/mol. The number of rotatable bonds is 5. The number of hydroxylamine groups is 2. The van der Waals surface area contributed by atoms with Gasteiger partial charge in [-0.1, -0.05) is 27.7 Å².